The number of amides is 1. The number of hydrogen-bond acceptors (Lipinski definition) is 5. The monoisotopic (exact) mass is 277 g/mol. The van der Waals surface area contributed by atoms with Gasteiger partial charge in [0.1, 0.15) is 23.5 Å². The van der Waals surface area contributed by atoms with Gasteiger partial charge < -0.3 is 16.0 Å². The van der Waals surface area contributed by atoms with Gasteiger partial charge in [0.2, 0.25) is 5.91 Å². The molecule has 3 N–H and O–H groups in total. The highest BCUT2D eigenvalue weighted by atomic mass is 16.2. The zero-order valence-electron chi connectivity index (χ0n) is 12.2. The standard InChI is InChI=1S/C14H23N5O/c1-3-6-12-17-11(15)9-13(18-12)16-10(2)14(20)19-7-4-5-8-19/h9-10H,3-8H2,1-2H3,(H3,15,16,17,18). The Balaban J connectivity index is 2.02. The summed E-state index contributed by atoms with van der Waals surface area (Å²) in [5.74, 6) is 1.90. The average Bonchev–Trinajstić information content (AvgIpc) is 2.91. The third-order valence-electron chi connectivity index (χ3n) is 3.42. The topological polar surface area (TPSA) is 84.1 Å². The molecule has 1 aliphatic heterocycles. The molecule has 2 rings (SSSR count). The van der Waals surface area contributed by atoms with Crippen molar-refractivity contribution in [2.45, 2.75) is 45.6 Å². The van der Waals surface area contributed by atoms with Crippen molar-refractivity contribution in [3.05, 3.63) is 11.9 Å². The SMILES string of the molecule is CCCc1nc(N)cc(NC(C)C(=O)N2CCCC2)n1. The Morgan fingerprint density at radius 3 is 2.80 bits per heavy atom. The predicted molar refractivity (Wildman–Crippen MR) is 79.3 cm³/mol. The molecule has 1 aliphatic rings. The van der Waals surface area contributed by atoms with Crippen molar-refractivity contribution in [2.24, 2.45) is 0 Å². The molecule has 0 saturated carbocycles. The van der Waals surface area contributed by atoms with Crippen LogP contribution in [0.3, 0.4) is 0 Å². The Hall–Kier alpha value is -1.85. The molecule has 20 heavy (non-hydrogen) atoms. The Morgan fingerprint density at radius 1 is 1.45 bits per heavy atom. The smallest absolute Gasteiger partial charge is 0.244 e. The molecule has 110 valence electrons. The lowest BCUT2D eigenvalue weighted by Crippen LogP contribution is -2.39. The van der Waals surface area contributed by atoms with Crippen LogP contribution in [0.25, 0.3) is 0 Å². The van der Waals surface area contributed by atoms with E-state index < -0.39 is 0 Å². The Bertz CT molecular complexity index is 471. The number of carbonyl (C=O) groups is 1. The lowest BCUT2D eigenvalue weighted by Gasteiger charge is -2.21. The quantitative estimate of drug-likeness (QED) is 0.850. The van der Waals surface area contributed by atoms with E-state index >= 15 is 0 Å². The maximum atomic E-state index is 12.2. The molecule has 1 amide bonds. The molecule has 1 atom stereocenters. The molecule has 0 aromatic carbocycles. The minimum atomic E-state index is -0.295. The number of aromatic nitrogens is 2. The number of aryl methyl sites for hydroxylation is 1. The van der Waals surface area contributed by atoms with Crippen LogP contribution in [0.2, 0.25) is 0 Å². The highest BCUT2D eigenvalue weighted by Gasteiger charge is 2.23. The molecule has 1 aromatic heterocycles. The normalized spacial score (nSPS) is 16.2. The third-order valence-corrected chi connectivity index (χ3v) is 3.42. The number of likely N-dealkylation sites (tertiary alicyclic amines) is 1. The highest BCUT2D eigenvalue weighted by molar-refractivity contribution is 5.84. The van der Waals surface area contributed by atoms with E-state index in [0.717, 1.165) is 44.6 Å². The van der Waals surface area contributed by atoms with Gasteiger partial charge in [-0.25, -0.2) is 9.97 Å². The zero-order chi connectivity index (χ0) is 14.5. The average molecular weight is 277 g/mol. The van der Waals surface area contributed by atoms with Crippen LogP contribution in [-0.4, -0.2) is 39.9 Å². The van der Waals surface area contributed by atoms with E-state index in [-0.39, 0.29) is 11.9 Å². The molecule has 0 spiro atoms. The summed E-state index contributed by atoms with van der Waals surface area (Å²) < 4.78 is 0. The second kappa shape index (κ2) is 6.54. The first-order chi connectivity index (χ1) is 9.60. The van der Waals surface area contributed by atoms with Crippen molar-refractivity contribution >= 4 is 17.5 Å². The van der Waals surface area contributed by atoms with Crippen molar-refractivity contribution < 1.29 is 4.79 Å². The van der Waals surface area contributed by atoms with Crippen LogP contribution in [0.5, 0.6) is 0 Å². The van der Waals surface area contributed by atoms with Gasteiger partial charge in [-0.05, 0) is 26.2 Å². The van der Waals surface area contributed by atoms with Crippen LogP contribution < -0.4 is 11.1 Å². The van der Waals surface area contributed by atoms with Crippen molar-refractivity contribution in [3.63, 3.8) is 0 Å². The number of nitrogens with two attached hydrogens (primary N) is 1. The summed E-state index contributed by atoms with van der Waals surface area (Å²) in [6, 6.07) is 1.38. The lowest BCUT2D eigenvalue weighted by molar-refractivity contribution is -0.130. The first kappa shape index (κ1) is 14.6. The van der Waals surface area contributed by atoms with Gasteiger partial charge in [-0.2, -0.15) is 0 Å². The van der Waals surface area contributed by atoms with Crippen LogP contribution in [0.15, 0.2) is 6.07 Å². The van der Waals surface area contributed by atoms with Crippen molar-refractivity contribution in [3.8, 4) is 0 Å². The van der Waals surface area contributed by atoms with Gasteiger partial charge >= 0.3 is 0 Å². The molecule has 1 unspecified atom stereocenters. The number of hydrogen-bond donors (Lipinski definition) is 2. The number of carbonyl (C=O) groups excluding carboxylic acids is 1. The zero-order valence-corrected chi connectivity index (χ0v) is 12.2. The van der Waals surface area contributed by atoms with Crippen LogP contribution in [0.4, 0.5) is 11.6 Å². The van der Waals surface area contributed by atoms with Crippen LogP contribution in [-0.2, 0) is 11.2 Å². The minimum absolute atomic E-state index is 0.122. The molecule has 0 aliphatic carbocycles. The Morgan fingerprint density at radius 2 is 2.15 bits per heavy atom. The summed E-state index contributed by atoms with van der Waals surface area (Å²) >= 11 is 0. The van der Waals surface area contributed by atoms with Crippen molar-refractivity contribution in [1.29, 1.82) is 0 Å². The van der Waals surface area contributed by atoms with E-state index in [1.54, 1.807) is 6.07 Å². The van der Waals surface area contributed by atoms with E-state index in [9.17, 15) is 4.79 Å². The molecule has 0 bridgehead atoms. The predicted octanol–water partition coefficient (Wildman–Crippen LogP) is 1.43. The number of anilines is 2. The molecule has 1 fully saturated rings. The number of nitrogens with one attached hydrogen (secondary N) is 1. The molecular weight excluding hydrogens is 254 g/mol. The maximum absolute atomic E-state index is 12.2. The van der Waals surface area contributed by atoms with E-state index in [2.05, 4.69) is 22.2 Å². The Kier molecular flexibility index (Phi) is 4.76. The molecule has 2 heterocycles. The first-order valence-electron chi connectivity index (χ1n) is 7.29. The second-order valence-electron chi connectivity index (χ2n) is 5.24. The van der Waals surface area contributed by atoms with Crippen LogP contribution in [0, 0.1) is 0 Å². The van der Waals surface area contributed by atoms with Crippen LogP contribution >= 0.6 is 0 Å². The van der Waals surface area contributed by atoms with Gasteiger partial charge in [0.05, 0.1) is 0 Å². The molecule has 1 aromatic rings. The van der Waals surface area contributed by atoms with E-state index in [1.165, 1.54) is 0 Å². The van der Waals surface area contributed by atoms with E-state index in [1.807, 2.05) is 11.8 Å². The molecule has 1 saturated heterocycles. The summed E-state index contributed by atoms with van der Waals surface area (Å²) in [5, 5.41) is 3.14. The first-order valence-corrected chi connectivity index (χ1v) is 7.29. The van der Waals surface area contributed by atoms with Crippen molar-refractivity contribution in [2.75, 3.05) is 24.1 Å². The largest absolute Gasteiger partial charge is 0.384 e. The second-order valence-corrected chi connectivity index (χ2v) is 5.24. The van der Waals surface area contributed by atoms with Gasteiger partial charge in [-0.1, -0.05) is 6.92 Å². The summed E-state index contributed by atoms with van der Waals surface area (Å²) in [7, 11) is 0. The summed E-state index contributed by atoms with van der Waals surface area (Å²) in [5.41, 5.74) is 5.78. The molecule has 0 radical (unpaired) electrons. The van der Waals surface area contributed by atoms with E-state index in [4.69, 9.17) is 5.73 Å². The number of rotatable bonds is 5. The summed E-state index contributed by atoms with van der Waals surface area (Å²) in [6.07, 6.45) is 3.94. The fourth-order valence-corrected chi connectivity index (χ4v) is 2.42. The molecule has 6 heteroatoms. The lowest BCUT2D eigenvalue weighted by atomic mass is 10.3. The van der Waals surface area contributed by atoms with Gasteiger partial charge in [0, 0.05) is 25.6 Å². The molecular formula is C14H23N5O. The van der Waals surface area contributed by atoms with Gasteiger partial charge in [0.15, 0.2) is 0 Å². The maximum Gasteiger partial charge on any atom is 0.244 e. The van der Waals surface area contributed by atoms with Gasteiger partial charge in [-0.15, -0.1) is 0 Å². The third kappa shape index (κ3) is 3.59. The van der Waals surface area contributed by atoms with Gasteiger partial charge in [0.25, 0.3) is 0 Å². The number of nitrogen functional groups attached to an aromatic ring is 1. The highest BCUT2D eigenvalue weighted by Crippen LogP contribution is 2.14. The fourth-order valence-electron chi connectivity index (χ4n) is 2.42. The van der Waals surface area contributed by atoms with Gasteiger partial charge in [-0.3, -0.25) is 4.79 Å². The Labute approximate surface area is 119 Å². The fraction of sp³-hybridized carbons (Fsp3) is 0.643. The van der Waals surface area contributed by atoms with Crippen LogP contribution in [0.1, 0.15) is 38.9 Å². The minimum Gasteiger partial charge on any atom is -0.384 e. The van der Waals surface area contributed by atoms with Crippen molar-refractivity contribution in [1.82, 2.24) is 14.9 Å². The number of nitrogens with zero attached hydrogens (tertiary/aromatic N) is 3. The summed E-state index contributed by atoms with van der Waals surface area (Å²) in [6.45, 7) is 5.65. The van der Waals surface area contributed by atoms with E-state index in [0.29, 0.717) is 11.6 Å². The summed E-state index contributed by atoms with van der Waals surface area (Å²) in [4.78, 5) is 22.7. The molecule has 6 nitrogen and oxygen atoms in total.